The van der Waals surface area contributed by atoms with E-state index in [2.05, 4.69) is 5.32 Å². The Morgan fingerprint density at radius 3 is 2.79 bits per heavy atom. The summed E-state index contributed by atoms with van der Waals surface area (Å²) < 4.78 is 11.2. The molecule has 2 aromatic rings. The minimum atomic E-state index is -0.198. The van der Waals surface area contributed by atoms with Crippen LogP contribution in [0.1, 0.15) is 28.8 Å². The lowest BCUT2D eigenvalue weighted by molar-refractivity contribution is 0.0679. The fourth-order valence-electron chi connectivity index (χ4n) is 2.62. The van der Waals surface area contributed by atoms with Gasteiger partial charge in [0.05, 0.1) is 12.7 Å². The van der Waals surface area contributed by atoms with E-state index in [1.807, 2.05) is 0 Å². The third-order valence-electron chi connectivity index (χ3n) is 3.94. The zero-order chi connectivity index (χ0) is 16.8. The molecule has 3 rings (SSSR count). The SMILES string of the molecule is O=C(Nc1cccc(CO)c1)c1ccc(OCC2CCCO2)cc1. The molecule has 24 heavy (non-hydrogen) atoms. The van der Waals surface area contributed by atoms with Crippen molar-refractivity contribution < 1.29 is 19.4 Å². The smallest absolute Gasteiger partial charge is 0.255 e. The lowest BCUT2D eigenvalue weighted by atomic mass is 10.1. The van der Waals surface area contributed by atoms with Gasteiger partial charge in [-0.3, -0.25) is 4.79 Å². The number of nitrogens with one attached hydrogen (secondary N) is 1. The number of carbonyl (C=O) groups excluding carboxylic acids is 1. The molecule has 1 saturated heterocycles. The summed E-state index contributed by atoms with van der Waals surface area (Å²) in [6.45, 7) is 1.30. The Balaban J connectivity index is 1.56. The first kappa shape index (κ1) is 16.5. The van der Waals surface area contributed by atoms with Crippen LogP contribution in [0.2, 0.25) is 0 Å². The lowest BCUT2D eigenvalue weighted by Gasteiger charge is -2.12. The average molecular weight is 327 g/mol. The largest absolute Gasteiger partial charge is 0.491 e. The topological polar surface area (TPSA) is 67.8 Å². The maximum absolute atomic E-state index is 12.3. The van der Waals surface area contributed by atoms with Crippen LogP contribution in [0.4, 0.5) is 5.69 Å². The maximum atomic E-state index is 12.3. The first-order valence-electron chi connectivity index (χ1n) is 8.10. The van der Waals surface area contributed by atoms with E-state index < -0.39 is 0 Å². The van der Waals surface area contributed by atoms with E-state index in [0.717, 1.165) is 30.8 Å². The van der Waals surface area contributed by atoms with Gasteiger partial charge in [0, 0.05) is 17.9 Å². The molecule has 1 aliphatic heterocycles. The molecule has 0 aliphatic carbocycles. The van der Waals surface area contributed by atoms with Gasteiger partial charge in [-0.15, -0.1) is 0 Å². The van der Waals surface area contributed by atoms with Crippen LogP contribution in [0.25, 0.3) is 0 Å². The number of anilines is 1. The van der Waals surface area contributed by atoms with Crippen LogP contribution in [0.5, 0.6) is 5.75 Å². The van der Waals surface area contributed by atoms with Crippen LogP contribution < -0.4 is 10.1 Å². The molecule has 1 amide bonds. The van der Waals surface area contributed by atoms with Gasteiger partial charge in [-0.2, -0.15) is 0 Å². The highest BCUT2D eigenvalue weighted by Gasteiger charge is 2.16. The van der Waals surface area contributed by atoms with E-state index >= 15 is 0 Å². The van der Waals surface area contributed by atoms with Gasteiger partial charge in [0.25, 0.3) is 5.91 Å². The van der Waals surface area contributed by atoms with E-state index in [4.69, 9.17) is 14.6 Å². The number of aliphatic hydroxyl groups excluding tert-OH is 1. The van der Waals surface area contributed by atoms with Gasteiger partial charge in [0.1, 0.15) is 12.4 Å². The molecule has 5 nitrogen and oxygen atoms in total. The van der Waals surface area contributed by atoms with Crippen LogP contribution in [-0.4, -0.2) is 30.3 Å². The maximum Gasteiger partial charge on any atom is 0.255 e. The number of hydrogen-bond donors (Lipinski definition) is 2. The van der Waals surface area contributed by atoms with Gasteiger partial charge < -0.3 is 19.9 Å². The normalized spacial score (nSPS) is 16.8. The van der Waals surface area contributed by atoms with Crippen molar-refractivity contribution in [2.75, 3.05) is 18.5 Å². The zero-order valence-electron chi connectivity index (χ0n) is 13.4. The fraction of sp³-hybridized carbons (Fsp3) is 0.316. The quantitative estimate of drug-likeness (QED) is 0.856. The van der Waals surface area contributed by atoms with E-state index in [0.29, 0.717) is 17.9 Å². The molecular weight excluding hydrogens is 306 g/mol. The third kappa shape index (κ3) is 4.34. The second-order valence-corrected chi connectivity index (χ2v) is 5.78. The molecule has 1 unspecified atom stereocenters. The number of benzene rings is 2. The molecule has 0 radical (unpaired) electrons. The monoisotopic (exact) mass is 327 g/mol. The summed E-state index contributed by atoms with van der Waals surface area (Å²) >= 11 is 0. The Labute approximate surface area is 141 Å². The molecule has 0 bridgehead atoms. The van der Waals surface area contributed by atoms with Gasteiger partial charge in [-0.1, -0.05) is 12.1 Å². The number of hydrogen-bond acceptors (Lipinski definition) is 4. The van der Waals surface area contributed by atoms with E-state index in [-0.39, 0.29) is 18.6 Å². The summed E-state index contributed by atoms with van der Waals surface area (Å²) in [5, 5.41) is 12.0. The molecule has 1 atom stereocenters. The zero-order valence-corrected chi connectivity index (χ0v) is 13.4. The third-order valence-corrected chi connectivity index (χ3v) is 3.94. The Hall–Kier alpha value is -2.37. The number of amides is 1. The van der Waals surface area contributed by atoms with Gasteiger partial charge in [-0.05, 0) is 54.8 Å². The summed E-state index contributed by atoms with van der Waals surface area (Å²) in [6, 6.07) is 14.2. The average Bonchev–Trinajstić information content (AvgIpc) is 3.14. The molecule has 0 aromatic heterocycles. The standard InChI is InChI=1S/C19H21NO4/c21-12-14-3-1-4-16(11-14)20-19(22)15-6-8-17(9-7-15)24-13-18-5-2-10-23-18/h1,3-4,6-9,11,18,21H,2,5,10,12-13H2,(H,20,22). The second-order valence-electron chi connectivity index (χ2n) is 5.78. The van der Waals surface area contributed by atoms with Crippen LogP contribution in [0.3, 0.4) is 0 Å². The molecule has 2 aromatic carbocycles. The highest BCUT2D eigenvalue weighted by Crippen LogP contribution is 2.18. The summed E-state index contributed by atoms with van der Waals surface area (Å²) in [4.78, 5) is 12.3. The number of aliphatic hydroxyl groups is 1. The number of carbonyl (C=O) groups is 1. The predicted octanol–water partition coefficient (Wildman–Crippen LogP) is 2.99. The van der Waals surface area contributed by atoms with Gasteiger partial charge >= 0.3 is 0 Å². The van der Waals surface area contributed by atoms with E-state index in [9.17, 15) is 4.79 Å². The summed E-state index contributed by atoms with van der Waals surface area (Å²) in [6.07, 6.45) is 2.30. The van der Waals surface area contributed by atoms with E-state index in [1.54, 1.807) is 48.5 Å². The molecule has 0 saturated carbocycles. The van der Waals surface area contributed by atoms with Crippen molar-refractivity contribution in [1.82, 2.24) is 0 Å². The fourth-order valence-corrected chi connectivity index (χ4v) is 2.62. The first-order valence-corrected chi connectivity index (χ1v) is 8.10. The van der Waals surface area contributed by atoms with Gasteiger partial charge in [0.2, 0.25) is 0 Å². The molecule has 0 spiro atoms. The first-order chi connectivity index (χ1) is 11.7. The number of ether oxygens (including phenoxy) is 2. The van der Waals surface area contributed by atoms with Crippen molar-refractivity contribution in [3.63, 3.8) is 0 Å². The molecule has 1 heterocycles. The minimum Gasteiger partial charge on any atom is -0.491 e. The van der Waals surface area contributed by atoms with Crippen molar-refractivity contribution in [1.29, 1.82) is 0 Å². The second kappa shape index (κ2) is 7.95. The lowest BCUT2D eigenvalue weighted by Crippen LogP contribution is -2.16. The highest BCUT2D eigenvalue weighted by atomic mass is 16.5. The highest BCUT2D eigenvalue weighted by molar-refractivity contribution is 6.04. The van der Waals surface area contributed by atoms with Crippen molar-refractivity contribution in [3.05, 3.63) is 59.7 Å². The van der Waals surface area contributed by atoms with Gasteiger partial charge in [-0.25, -0.2) is 0 Å². The van der Waals surface area contributed by atoms with Crippen molar-refractivity contribution in [3.8, 4) is 5.75 Å². The Morgan fingerprint density at radius 1 is 1.25 bits per heavy atom. The summed E-state index contributed by atoms with van der Waals surface area (Å²) in [5.41, 5.74) is 1.96. The predicted molar refractivity (Wildman–Crippen MR) is 91.2 cm³/mol. The Bertz CT molecular complexity index is 678. The van der Waals surface area contributed by atoms with E-state index in [1.165, 1.54) is 0 Å². The summed E-state index contributed by atoms with van der Waals surface area (Å²) in [7, 11) is 0. The Kier molecular flexibility index (Phi) is 5.46. The molecule has 2 N–H and O–H groups in total. The van der Waals surface area contributed by atoms with Crippen molar-refractivity contribution in [2.45, 2.75) is 25.6 Å². The van der Waals surface area contributed by atoms with Crippen LogP contribution in [-0.2, 0) is 11.3 Å². The molecule has 5 heteroatoms. The number of rotatable bonds is 6. The van der Waals surface area contributed by atoms with Crippen molar-refractivity contribution >= 4 is 11.6 Å². The molecular formula is C19H21NO4. The molecule has 1 fully saturated rings. The minimum absolute atomic E-state index is 0.0551. The van der Waals surface area contributed by atoms with Gasteiger partial charge in [0.15, 0.2) is 0 Å². The Morgan fingerprint density at radius 2 is 2.08 bits per heavy atom. The van der Waals surface area contributed by atoms with Crippen LogP contribution >= 0.6 is 0 Å². The van der Waals surface area contributed by atoms with Crippen LogP contribution in [0.15, 0.2) is 48.5 Å². The summed E-state index contributed by atoms with van der Waals surface area (Å²) in [5.74, 6) is 0.528. The van der Waals surface area contributed by atoms with Crippen LogP contribution in [0, 0.1) is 0 Å². The molecule has 1 aliphatic rings. The van der Waals surface area contributed by atoms with Crippen molar-refractivity contribution in [2.24, 2.45) is 0 Å². The molecule has 126 valence electrons.